The molecule has 19 heavy (non-hydrogen) atoms. The largest absolute Gasteiger partial charge is 0.365 e. The number of nitrogens with zero attached hydrogens (tertiary/aromatic N) is 1. The van der Waals surface area contributed by atoms with E-state index in [9.17, 15) is 4.79 Å². The third-order valence-corrected chi connectivity index (χ3v) is 4.19. The molecule has 0 unspecified atom stereocenters. The predicted molar refractivity (Wildman–Crippen MR) is 83.0 cm³/mol. The highest BCUT2D eigenvalue weighted by Gasteiger charge is 2.16. The Morgan fingerprint density at radius 1 is 1.32 bits per heavy atom. The fraction of sp³-hybridized carbons (Fsp3) is 0.733. The predicted octanol–water partition coefficient (Wildman–Crippen LogP) is 4.25. The molecule has 0 saturated heterocycles. The molecule has 0 spiro atoms. The molecule has 0 radical (unpaired) electrons. The number of hydrogen-bond donors (Lipinski definition) is 1. The van der Waals surface area contributed by atoms with E-state index in [4.69, 9.17) is 0 Å². The number of rotatable bonds is 2. The van der Waals surface area contributed by atoms with Crippen molar-refractivity contribution in [3.8, 4) is 0 Å². The van der Waals surface area contributed by atoms with Gasteiger partial charge in [0.05, 0.1) is 5.69 Å². The summed E-state index contributed by atoms with van der Waals surface area (Å²) >= 11 is 1.65. The highest BCUT2D eigenvalue weighted by atomic mass is 32.1. The van der Waals surface area contributed by atoms with E-state index in [2.05, 4.69) is 36.5 Å². The van der Waals surface area contributed by atoms with Crippen LogP contribution >= 0.6 is 11.3 Å². The van der Waals surface area contributed by atoms with Crippen molar-refractivity contribution in [2.24, 2.45) is 5.92 Å². The molecule has 1 fully saturated rings. The summed E-state index contributed by atoms with van der Waals surface area (Å²) in [6.07, 6.45) is 7.27. The summed E-state index contributed by atoms with van der Waals surface area (Å²) in [5, 5.41) is 6.13. The number of aromatic nitrogens is 1. The minimum absolute atomic E-state index is 0.172. The number of hydrogen-bond acceptors (Lipinski definition) is 4. The van der Waals surface area contributed by atoms with Crippen LogP contribution in [-0.2, 0) is 10.2 Å². The number of thiazole rings is 1. The minimum atomic E-state index is 0.172. The molecule has 1 aliphatic carbocycles. The molecule has 1 N–H and O–H groups in total. The molecule has 1 saturated carbocycles. The van der Waals surface area contributed by atoms with Crippen molar-refractivity contribution < 1.29 is 4.79 Å². The molecule has 0 aromatic carbocycles. The first-order valence-electron chi connectivity index (χ1n) is 7.06. The third kappa shape index (κ3) is 5.72. The summed E-state index contributed by atoms with van der Waals surface area (Å²) < 4.78 is 0. The van der Waals surface area contributed by atoms with Crippen molar-refractivity contribution >= 4 is 22.8 Å². The lowest BCUT2D eigenvalue weighted by Crippen LogP contribution is -2.11. The Morgan fingerprint density at radius 3 is 2.26 bits per heavy atom. The Balaban J connectivity index is 0.000000200. The standard InChI is InChI=1S/C8H14N2S.C7H12O/c1-8(2,3)6-5-11-7(9-4)10-6;8-6-7-4-2-1-3-5-7/h5H,1-4H3,(H,9,10);6-7H,1-5H2. The lowest BCUT2D eigenvalue weighted by atomic mass is 9.91. The maximum atomic E-state index is 10.2. The number of nitrogens with one attached hydrogen (secondary N) is 1. The molecular weight excluding hydrogens is 256 g/mol. The van der Waals surface area contributed by atoms with Crippen LogP contribution < -0.4 is 5.32 Å². The SMILES string of the molecule is CNc1nc(C(C)(C)C)cs1.O=CC1CCCCC1. The van der Waals surface area contributed by atoms with E-state index in [0.29, 0.717) is 5.92 Å². The Morgan fingerprint density at radius 2 is 1.95 bits per heavy atom. The van der Waals surface area contributed by atoms with Crippen LogP contribution in [0.25, 0.3) is 0 Å². The van der Waals surface area contributed by atoms with Gasteiger partial charge in [-0.1, -0.05) is 40.0 Å². The van der Waals surface area contributed by atoms with E-state index in [1.807, 2.05) is 7.05 Å². The normalized spacial score (nSPS) is 16.4. The summed E-state index contributed by atoms with van der Waals surface area (Å²) in [7, 11) is 1.89. The first kappa shape index (κ1) is 16.2. The van der Waals surface area contributed by atoms with Gasteiger partial charge in [-0.15, -0.1) is 11.3 Å². The molecule has 1 aromatic heterocycles. The van der Waals surface area contributed by atoms with E-state index >= 15 is 0 Å². The molecule has 108 valence electrons. The van der Waals surface area contributed by atoms with Crippen molar-refractivity contribution in [3.63, 3.8) is 0 Å². The van der Waals surface area contributed by atoms with Gasteiger partial charge in [-0.25, -0.2) is 4.98 Å². The summed E-state index contributed by atoms with van der Waals surface area (Å²) in [5.74, 6) is 0.406. The quantitative estimate of drug-likeness (QED) is 0.825. The van der Waals surface area contributed by atoms with E-state index in [1.54, 1.807) is 11.3 Å². The Labute approximate surface area is 120 Å². The van der Waals surface area contributed by atoms with Crippen LogP contribution in [-0.4, -0.2) is 18.3 Å². The maximum absolute atomic E-state index is 10.2. The molecule has 1 aromatic rings. The maximum Gasteiger partial charge on any atom is 0.182 e. The molecule has 0 bridgehead atoms. The van der Waals surface area contributed by atoms with E-state index < -0.39 is 0 Å². The Kier molecular flexibility index (Phi) is 6.49. The number of aldehydes is 1. The molecule has 4 heteroatoms. The number of carbonyl (C=O) groups excluding carboxylic acids is 1. The second kappa shape index (κ2) is 7.63. The molecule has 0 atom stereocenters. The number of anilines is 1. The third-order valence-electron chi connectivity index (χ3n) is 3.33. The van der Waals surface area contributed by atoms with Gasteiger partial charge in [0, 0.05) is 23.8 Å². The number of carbonyl (C=O) groups is 1. The molecule has 1 heterocycles. The molecule has 0 aliphatic heterocycles. The minimum Gasteiger partial charge on any atom is -0.365 e. The van der Waals surface area contributed by atoms with E-state index in [0.717, 1.165) is 30.0 Å². The molecule has 2 rings (SSSR count). The first-order chi connectivity index (χ1) is 8.97. The summed E-state index contributed by atoms with van der Waals surface area (Å²) in [4.78, 5) is 14.6. The lowest BCUT2D eigenvalue weighted by molar-refractivity contribution is -0.111. The zero-order chi connectivity index (χ0) is 14.3. The molecule has 0 amide bonds. The zero-order valence-electron chi connectivity index (χ0n) is 12.5. The van der Waals surface area contributed by atoms with Crippen molar-refractivity contribution in [3.05, 3.63) is 11.1 Å². The van der Waals surface area contributed by atoms with Gasteiger partial charge in [0.15, 0.2) is 5.13 Å². The van der Waals surface area contributed by atoms with Crippen LogP contribution in [0, 0.1) is 5.92 Å². The van der Waals surface area contributed by atoms with Gasteiger partial charge >= 0.3 is 0 Å². The van der Waals surface area contributed by atoms with Crippen LogP contribution in [0.15, 0.2) is 5.38 Å². The zero-order valence-corrected chi connectivity index (χ0v) is 13.3. The lowest BCUT2D eigenvalue weighted by Gasteiger charge is -2.14. The second-order valence-corrected chi connectivity index (χ2v) is 6.93. The van der Waals surface area contributed by atoms with Gasteiger partial charge in [0.1, 0.15) is 6.29 Å². The average Bonchev–Trinajstić information content (AvgIpc) is 2.89. The summed E-state index contributed by atoms with van der Waals surface area (Å²) in [6.45, 7) is 6.50. The smallest absolute Gasteiger partial charge is 0.182 e. The van der Waals surface area contributed by atoms with Gasteiger partial charge in [-0.05, 0) is 12.8 Å². The van der Waals surface area contributed by atoms with Crippen LogP contribution in [0.1, 0.15) is 58.6 Å². The van der Waals surface area contributed by atoms with Gasteiger partial charge in [0.2, 0.25) is 0 Å². The highest BCUT2D eigenvalue weighted by molar-refractivity contribution is 7.13. The molecule has 3 nitrogen and oxygen atoms in total. The fourth-order valence-electron chi connectivity index (χ4n) is 2.00. The van der Waals surface area contributed by atoms with Crippen molar-refractivity contribution in [2.75, 3.05) is 12.4 Å². The van der Waals surface area contributed by atoms with Crippen molar-refractivity contribution in [1.82, 2.24) is 4.98 Å². The van der Waals surface area contributed by atoms with Crippen LogP contribution in [0.4, 0.5) is 5.13 Å². The summed E-state index contributed by atoms with van der Waals surface area (Å²) in [6, 6.07) is 0. The average molecular weight is 282 g/mol. The Hall–Kier alpha value is -0.900. The fourth-order valence-corrected chi connectivity index (χ4v) is 2.90. The molecular formula is C15H26N2OS. The topological polar surface area (TPSA) is 42.0 Å². The first-order valence-corrected chi connectivity index (χ1v) is 7.94. The highest BCUT2D eigenvalue weighted by Crippen LogP contribution is 2.25. The van der Waals surface area contributed by atoms with Crippen molar-refractivity contribution in [2.45, 2.75) is 58.3 Å². The molecule has 1 aliphatic rings. The van der Waals surface area contributed by atoms with E-state index in [1.165, 1.54) is 19.3 Å². The summed E-state index contributed by atoms with van der Waals surface area (Å²) in [5.41, 5.74) is 1.33. The van der Waals surface area contributed by atoms with Crippen LogP contribution in [0.2, 0.25) is 0 Å². The van der Waals surface area contributed by atoms with Crippen LogP contribution in [0.5, 0.6) is 0 Å². The second-order valence-electron chi connectivity index (χ2n) is 6.07. The van der Waals surface area contributed by atoms with Gasteiger partial charge in [0.25, 0.3) is 0 Å². The van der Waals surface area contributed by atoms with Gasteiger partial charge in [-0.2, -0.15) is 0 Å². The van der Waals surface area contributed by atoms with E-state index in [-0.39, 0.29) is 5.41 Å². The van der Waals surface area contributed by atoms with Gasteiger partial charge < -0.3 is 10.1 Å². The van der Waals surface area contributed by atoms with Gasteiger partial charge in [-0.3, -0.25) is 0 Å². The van der Waals surface area contributed by atoms with Crippen molar-refractivity contribution in [1.29, 1.82) is 0 Å². The monoisotopic (exact) mass is 282 g/mol. The Bertz CT molecular complexity index is 376. The van der Waals surface area contributed by atoms with Crippen LogP contribution in [0.3, 0.4) is 0 Å².